The monoisotopic (exact) mass is 430 g/mol. The molecule has 1 N–H and O–H groups in total. The highest BCUT2D eigenvalue weighted by molar-refractivity contribution is 5.59. The lowest BCUT2D eigenvalue weighted by Gasteiger charge is -2.17. The molecular formula is C25H26N4O3. The first-order valence-corrected chi connectivity index (χ1v) is 11.1. The number of likely N-dealkylation sites (tertiary alicyclic amines) is 1. The number of imidazole rings is 1. The van der Waals surface area contributed by atoms with Gasteiger partial charge in [-0.05, 0) is 49.4 Å². The molecular weight excluding hydrogens is 404 g/mol. The second-order valence-electron chi connectivity index (χ2n) is 8.67. The Morgan fingerprint density at radius 1 is 1.28 bits per heavy atom. The number of carbonyl (C=O) groups excluding carboxylic acids is 1. The van der Waals surface area contributed by atoms with Gasteiger partial charge in [0.05, 0.1) is 6.04 Å². The molecule has 0 bridgehead atoms. The molecule has 7 nitrogen and oxygen atoms in total. The third-order valence-corrected chi connectivity index (χ3v) is 6.59. The molecule has 32 heavy (non-hydrogen) atoms. The summed E-state index contributed by atoms with van der Waals surface area (Å²) >= 11 is 0. The van der Waals surface area contributed by atoms with Crippen molar-refractivity contribution in [3.05, 3.63) is 59.8 Å². The predicted octanol–water partition coefficient (Wildman–Crippen LogP) is 3.28. The zero-order valence-electron chi connectivity index (χ0n) is 18.2. The average Bonchev–Trinajstić information content (AvgIpc) is 3.31. The second kappa shape index (κ2) is 8.29. The maximum atomic E-state index is 10.8. The Labute approximate surface area is 187 Å². The fourth-order valence-electron chi connectivity index (χ4n) is 4.79. The summed E-state index contributed by atoms with van der Waals surface area (Å²) in [7, 11) is 0. The molecule has 5 rings (SSSR count). The van der Waals surface area contributed by atoms with E-state index >= 15 is 0 Å². The summed E-state index contributed by atoms with van der Waals surface area (Å²) in [4.78, 5) is 16.9. The number of rotatable bonds is 6. The molecule has 7 heteroatoms. The Morgan fingerprint density at radius 3 is 2.69 bits per heavy atom. The standard InChI is InChI=1S/C25H26N4O3/c1-3-23(29-11-10-26-25(29)16(2)31)22-12-24(32-27-22)18-7-4-17(5-8-18)6-9-19-20-13-28(15-30)14-21(19)20/h4-5,7-8,10-12,15-16,19-21,23,31H,3,13-14H2,1-2H3/t16-,19?,20-,21+,23+/m0/s1. The molecule has 164 valence electrons. The van der Waals surface area contributed by atoms with Gasteiger partial charge in [0, 0.05) is 48.6 Å². The smallest absolute Gasteiger partial charge is 0.209 e. The second-order valence-corrected chi connectivity index (χ2v) is 8.67. The fourth-order valence-corrected chi connectivity index (χ4v) is 4.79. The third-order valence-electron chi connectivity index (χ3n) is 6.59. The van der Waals surface area contributed by atoms with Crippen molar-refractivity contribution in [2.24, 2.45) is 17.8 Å². The number of hydrogen-bond acceptors (Lipinski definition) is 5. The van der Waals surface area contributed by atoms with Gasteiger partial charge in [0.15, 0.2) is 5.76 Å². The number of benzene rings is 1. The predicted molar refractivity (Wildman–Crippen MR) is 118 cm³/mol. The largest absolute Gasteiger partial charge is 0.385 e. The van der Waals surface area contributed by atoms with Crippen molar-refractivity contribution in [3.8, 4) is 23.2 Å². The van der Waals surface area contributed by atoms with Crippen LogP contribution in [0, 0.1) is 29.6 Å². The lowest BCUT2D eigenvalue weighted by Crippen LogP contribution is -2.22. The van der Waals surface area contributed by atoms with E-state index in [-0.39, 0.29) is 6.04 Å². The van der Waals surface area contributed by atoms with Crippen molar-refractivity contribution in [2.75, 3.05) is 13.1 Å². The number of hydrogen-bond donors (Lipinski definition) is 1. The molecule has 0 radical (unpaired) electrons. The van der Waals surface area contributed by atoms with Crippen LogP contribution in [-0.4, -0.2) is 44.2 Å². The van der Waals surface area contributed by atoms with Crippen molar-refractivity contribution in [1.82, 2.24) is 19.6 Å². The first kappa shape index (κ1) is 20.5. The summed E-state index contributed by atoms with van der Waals surface area (Å²) in [6.07, 6.45) is 4.64. The Bertz CT molecular complexity index is 1160. The minimum atomic E-state index is -0.654. The summed E-state index contributed by atoms with van der Waals surface area (Å²) in [5.41, 5.74) is 2.71. The number of aliphatic hydroxyl groups excluding tert-OH is 1. The summed E-state index contributed by atoms with van der Waals surface area (Å²) < 4.78 is 7.59. The summed E-state index contributed by atoms with van der Waals surface area (Å²) in [6.45, 7) is 5.47. The quantitative estimate of drug-likeness (QED) is 0.479. The van der Waals surface area contributed by atoms with Crippen molar-refractivity contribution in [2.45, 2.75) is 32.4 Å². The molecule has 1 amide bonds. The molecule has 2 fully saturated rings. The number of nitrogens with zero attached hydrogens (tertiary/aromatic N) is 4. The van der Waals surface area contributed by atoms with Crippen LogP contribution in [0.15, 0.2) is 47.2 Å². The van der Waals surface area contributed by atoms with Gasteiger partial charge >= 0.3 is 0 Å². The van der Waals surface area contributed by atoms with Crippen LogP contribution >= 0.6 is 0 Å². The van der Waals surface area contributed by atoms with Gasteiger partial charge in [0.1, 0.15) is 17.6 Å². The molecule has 5 atom stereocenters. The first-order chi connectivity index (χ1) is 15.6. The highest BCUT2D eigenvalue weighted by Crippen LogP contribution is 2.50. The molecule has 0 spiro atoms. The van der Waals surface area contributed by atoms with Crippen molar-refractivity contribution >= 4 is 6.41 Å². The molecule has 1 saturated heterocycles. The number of carbonyl (C=O) groups is 1. The van der Waals surface area contributed by atoms with E-state index in [0.29, 0.717) is 29.3 Å². The van der Waals surface area contributed by atoms with E-state index < -0.39 is 6.10 Å². The molecule has 2 aliphatic rings. The van der Waals surface area contributed by atoms with Gasteiger partial charge < -0.3 is 19.1 Å². The minimum absolute atomic E-state index is 0.0575. The van der Waals surface area contributed by atoms with Crippen LogP contribution in [0.1, 0.15) is 49.5 Å². The Hall–Kier alpha value is -3.37. The molecule has 1 aromatic carbocycles. The maximum Gasteiger partial charge on any atom is 0.209 e. The van der Waals surface area contributed by atoms with E-state index in [0.717, 1.165) is 42.7 Å². The molecule has 1 unspecified atom stereocenters. The Morgan fingerprint density at radius 2 is 2.03 bits per heavy atom. The van der Waals surface area contributed by atoms with Gasteiger partial charge in [-0.25, -0.2) is 4.98 Å². The molecule has 3 heterocycles. The average molecular weight is 431 g/mol. The van der Waals surface area contributed by atoms with Gasteiger partial charge in [-0.15, -0.1) is 0 Å². The number of piperidine rings is 1. The van der Waals surface area contributed by atoms with Gasteiger partial charge in [-0.2, -0.15) is 0 Å². The number of amides is 1. The van der Waals surface area contributed by atoms with Crippen molar-refractivity contribution in [3.63, 3.8) is 0 Å². The normalized spacial score (nSPS) is 23.2. The zero-order valence-corrected chi connectivity index (χ0v) is 18.2. The Kier molecular flexibility index (Phi) is 5.32. The van der Waals surface area contributed by atoms with Crippen LogP contribution in [0.4, 0.5) is 0 Å². The fraction of sp³-hybridized carbons (Fsp3) is 0.400. The molecule has 3 aromatic rings. The zero-order chi connectivity index (χ0) is 22.2. The number of aromatic nitrogens is 3. The van der Waals surface area contributed by atoms with Crippen LogP contribution in [0.3, 0.4) is 0 Å². The third kappa shape index (κ3) is 3.71. The summed E-state index contributed by atoms with van der Waals surface area (Å²) in [5, 5.41) is 14.3. The Balaban J connectivity index is 1.28. The highest BCUT2D eigenvalue weighted by Gasteiger charge is 2.54. The number of fused-ring (bicyclic) bond motifs is 1. The van der Waals surface area contributed by atoms with Crippen molar-refractivity contribution in [1.29, 1.82) is 0 Å². The van der Waals surface area contributed by atoms with E-state index in [1.165, 1.54) is 0 Å². The maximum absolute atomic E-state index is 10.8. The lowest BCUT2D eigenvalue weighted by molar-refractivity contribution is -0.117. The molecule has 2 aromatic heterocycles. The first-order valence-electron chi connectivity index (χ1n) is 11.1. The molecule has 1 aliphatic heterocycles. The highest BCUT2D eigenvalue weighted by atomic mass is 16.5. The van der Waals surface area contributed by atoms with Crippen LogP contribution < -0.4 is 0 Å². The van der Waals surface area contributed by atoms with Gasteiger partial charge in [0.25, 0.3) is 0 Å². The van der Waals surface area contributed by atoms with E-state index in [1.54, 1.807) is 13.1 Å². The molecule has 1 aliphatic carbocycles. The van der Waals surface area contributed by atoms with E-state index in [9.17, 15) is 9.90 Å². The van der Waals surface area contributed by atoms with Crippen LogP contribution in [0.2, 0.25) is 0 Å². The lowest BCUT2D eigenvalue weighted by atomic mass is 10.1. The number of aliphatic hydroxyl groups is 1. The SMILES string of the molecule is CC[C@H](c1cc(-c2ccc(C#CC3[C@H]4CN(C=O)C[C@@H]34)cc2)on1)n1ccnc1[C@H](C)O. The van der Waals surface area contributed by atoms with Crippen LogP contribution in [-0.2, 0) is 4.79 Å². The topological polar surface area (TPSA) is 84.4 Å². The van der Waals surface area contributed by atoms with E-state index in [4.69, 9.17) is 4.52 Å². The van der Waals surface area contributed by atoms with E-state index in [2.05, 4.69) is 28.9 Å². The van der Waals surface area contributed by atoms with Gasteiger partial charge in [0.2, 0.25) is 6.41 Å². The van der Waals surface area contributed by atoms with Crippen LogP contribution in [0.25, 0.3) is 11.3 Å². The van der Waals surface area contributed by atoms with Gasteiger partial charge in [-0.1, -0.05) is 23.9 Å². The minimum Gasteiger partial charge on any atom is -0.385 e. The molecule has 1 saturated carbocycles. The summed E-state index contributed by atoms with van der Waals surface area (Å²) in [6, 6.07) is 9.88. The summed E-state index contributed by atoms with van der Waals surface area (Å²) in [5.74, 6) is 9.49. The van der Waals surface area contributed by atoms with Crippen molar-refractivity contribution < 1.29 is 14.4 Å². The van der Waals surface area contributed by atoms with E-state index in [1.807, 2.05) is 46.0 Å². The van der Waals surface area contributed by atoms with Crippen LogP contribution in [0.5, 0.6) is 0 Å². The van der Waals surface area contributed by atoms with Gasteiger partial charge in [-0.3, -0.25) is 4.79 Å².